The number of carbonyl (C=O) groups excluding carboxylic acids is 1. The van der Waals surface area contributed by atoms with E-state index in [-0.39, 0.29) is 18.4 Å². The number of likely N-dealkylation sites (N-methyl/N-ethyl adjacent to an activating group) is 1. The first-order chi connectivity index (χ1) is 8.41. The monoisotopic (exact) mass is 253 g/mol. The standard InChI is InChI=1S/C12H19N3O3/c1-9-6-8-15(13-9)10(2)12(18)14(3)7-4-5-11(16)17/h6,8,10H,4-5,7H2,1-3H3,(H,16,17). The Morgan fingerprint density at radius 2 is 2.22 bits per heavy atom. The van der Waals surface area contributed by atoms with Crippen LogP contribution < -0.4 is 0 Å². The van der Waals surface area contributed by atoms with Crippen LogP contribution in [0.5, 0.6) is 0 Å². The number of hydrogen-bond donors (Lipinski definition) is 1. The van der Waals surface area contributed by atoms with E-state index in [1.807, 2.05) is 13.0 Å². The third-order valence-corrected chi connectivity index (χ3v) is 2.76. The number of aryl methyl sites for hydroxylation is 1. The van der Waals surface area contributed by atoms with Crippen LogP contribution in [0.15, 0.2) is 12.3 Å². The lowest BCUT2D eigenvalue weighted by Crippen LogP contribution is -2.34. The summed E-state index contributed by atoms with van der Waals surface area (Å²) in [5.41, 5.74) is 0.864. The van der Waals surface area contributed by atoms with Gasteiger partial charge in [0, 0.05) is 26.2 Å². The summed E-state index contributed by atoms with van der Waals surface area (Å²) in [6, 6.07) is 1.47. The Balaban J connectivity index is 2.50. The van der Waals surface area contributed by atoms with Gasteiger partial charge in [0.2, 0.25) is 5.91 Å². The molecule has 0 aliphatic carbocycles. The van der Waals surface area contributed by atoms with Crippen LogP contribution in [0.2, 0.25) is 0 Å². The van der Waals surface area contributed by atoms with Gasteiger partial charge in [-0.15, -0.1) is 0 Å². The molecular formula is C12H19N3O3. The maximum atomic E-state index is 12.0. The maximum Gasteiger partial charge on any atom is 0.303 e. The fourth-order valence-corrected chi connectivity index (χ4v) is 1.66. The van der Waals surface area contributed by atoms with Crippen LogP contribution in [0.1, 0.15) is 31.5 Å². The highest BCUT2D eigenvalue weighted by Gasteiger charge is 2.19. The van der Waals surface area contributed by atoms with Gasteiger partial charge in [0.25, 0.3) is 0 Å². The lowest BCUT2D eigenvalue weighted by atomic mass is 10.2. The van der Waals surface area contributed by atoms with E-state index in [4.69, 9.17) is 5.11 Å². The fraction of sp³-hybridized carbons (Fsp3) is 0.583. The molecule has 6 heteroatoms. The molecule has 0 bridgehead atoms. The molecule has 1 rings (SSSR count). The Bertz CT molecular complexity index is 428. The minimum atomic E-state index is -0.841. The van der Waals surface area contributed by atoms with Gasteiger partial charge in [0.1, 0.15) is 6.04 Å². The molecule has 0 saturated heterocycles. The van der Waals surface area contributed by atoms with E-state index in [2.05, 4.69) is 5.10 Å². The zero-order valence-electron chi connectivity index (χ0n) is 11.0. The Morgan fingerprint density at radius 3 is 2.72 bits per heavy atom. The number of nitrogens with zero attached hydrogens (tertiary/aromatic N) is 3. The average Bonchev–Trinajstić information content (AvgIpc) is 2.73. The van der Waals surface area contributed by atoms with Crippen molar-refractivity contribution in [3.63, 3.8) is 0 Å². The SMILES string of the molecule is Cc1ccn(C(C)C(=O)N(C)CCCC(=O)O)n1. The molecule has 1 aromatic rings. The summed E-state index contributed by atoms with van der Waals surface area (Å²) in [6.07, 6.45) is 2.30. The van der Waals surface area contributed by atoms with Crippen LogP contribution in [0, 0.1) is 6.92 Å². The van der Waals surface area contributed by atoms with Crippen molar-refractivity contribution >= 4 is 11.9 Å². The Hall–Kier alpha value is -1.85. The topological polar surface area (TPSA) is 75.4 Å². The fourth-order valence-electron chi connectivity index (χ4n) is 1.66. The summed E-state index contributed by atoms with van der Waals surface area (Å²) in [4.78, 5) is 24.0. The van der Waals surface area contributed by atoms with E-state index in [1.165, 1.54) is 0 Å². The van der Waals surface area contributed by atoms with Gasteiger partial charge in [0.15, 0.2) is 0 Å². The van der Waals surface area contributed by atoms with Crippen molar-refractivity contribution in [2.45, 2.75) is 32.7 Å². The molecule has 1 N–H and O–H groups in total. The number of hydrogen-bond acceptors (Lipinski definition) is 3. The van der Waals surface area contributed by atoms with Crippen LogP contribution in [-0.2, 0) is 9.59 Å². The second-order valence-corrected chi connectivity index (χ2v) is 4.37. The average molecular weight is 253 g/mol. The van der Waals surface area contributed by atoms with Crippen molar-refractivity contribution in [3.05, 3.63) is 18.0 Å². The van der Waals surface area contributed by atoms with Crippen LogP contribution in [0.3, 0.4) is 0 Å². The van der Waals surface area contributed by atoms with Crippen molar-refractivity contribution in [3.8, 4) is 0 Å². The molecule has 1 heterocycles. The van der Waals surface area contributed by atoms with E-state index in [0.717, 1.165) is 5.69 Å². The van der Waals surface area contributed by atoms with E-state index < -0.39 is 5.97 Å². The van der Waals surface area contributed by atoms with Crippen molar-refractivity contribution < 1.29 is 14.7 Å². The molecule has 18 heavy (non-hydrogen) atoms. The van der Waals surface area contributed by atoms with Gasteiger partial charge in [-0.2, -0.15) is 5.10 Å². The highest BCUT2D eigenvalue weighted by Crippen LogP contribution is 2.09. The van der Waals surface area contributed by atoms with Gasteiger partial charge in [-0.25, -0.2) is 0 Å². The summed E-state index contributed by atoms with van der Waals surface area (Å²) >= 11 is 0. The molecule has 0 aromatic carbocycles. The molecular weight excluding hydrogens is 234 g/mol. The Kier molecular flexibility index (Phi) is 4.88. The van der Waals surface area contributed by atoms with Gasteiger partial charge in [0.05, 0.1) is 5.69 Å². The number of amides is 1. The quantitative estimate of drug-likeness (QED) is 0.823. The Morgan fingerprint density at radius 1 is 1.56 bits per heavy atom. The molecule has 0 saturated carbocycles. The van der Waals surface area contributed by atoms with Crippen LogP contribution >= 0.6 is 0 Å². The number of carboxylic acid groups (broad SMARTS) is 1. The highest BCUT2D eigenvalue weighted by molar-refractivity contribution is 5.79. The van der Waals surface area contributed by atoms with Crippen LogP contribution in [0.25, 0.3) is 0 Å². The van der Waals surface area contributed by atoms with Crippen molar-refractivity contribution in [1.29, 1.82) is 0 Å². The number of aromatic nitrogens is 2. The molecule has 1 amide bonds. The van der Waals surface area contributed by atoms with E-state index >= 15 is 0 Å². The molecule has 100 valence electrons. The second kappa shape index (κ2) is 6.18. The third-order valence-electron chi connectivity index (χ3n) is 2.76. The molecule has 1 aromatic heterocycles. The largest absolute Gasteiger partial charge is 0.481 e. The van der Waals surface area contributed by atoms with Gasteiger partial charge in [-0.1, -0.05) is 0 Å². The summed E-state index contributed by atoms with van der Waals surface area (Å²) in [5.74, 6) is -0.907. The number of rotatable bonds is 6. The van der Waals surface area contributed by atoms with Gasteiger partial charge in [-0.05, 0) is 26.3 Å². The molecule has 1 atom stereocenters. The maximum absolute atomic E-state index is 12.0. The van der Waals surface area contributed by atoms with Gasteiger partial charge >= 0.3 is 5.97 Å². The normalized spacial score (nSPS) is 12.2. The first kappa shape index (κ1) is 14.2. The molecule has 6 nitrogen and oxygen atoms in total. The van der Waals surface area contributed by atoms with Gasteiger partial charge in [-0.3, -0.25) is 14.3 Å². The molecule has 0 aliphatic rings. The highest BCUT2D eigenvalue weighted by atomic mass is 16.4. The second-order valence-electron chi connectivity index (χ2n) is 4.37. The van der Waals surface area contributed by atoms with Crippen molar-refractivity contribution in [1.82, 2.24) is 14.7 Å². The van der Waals surface area contributed by atoms with E-state index in [0.29, 0.717) is 13.0 Å². The number of aliphatic carboxylic acids is 1. The zero-order chi connectivity index (χ0) is 13.7. The van der Waals surface area contributed by atoms with Gasteiger partial charge < -0.3 is 10.0 Å². The van der Waals surface area contributed by atoms with Crippen LogP contribution in [-0.4, -0.2) is 45.3 Å². The van der Waals surface area contributed by atoms with Crippen molar-refractivity contribution in [2.75, 3.05) is 13.6 Å². The molecule has 0 aliphatic heterocycles. The molecule has 0 spiro atoms. The summed E-state index contributed by atoms with van der Waals surface area (Å²) in [6.45, 7) is 4.09. The predicted octanol–water partition coefficient (Wildman–Crippen LogP) is 1.08. The number of carbonyl (C=O) groups is 2. The predicted molar refractivity (Wildman–Crippen MR) is 66.2 cm³/mol. The van der Waals surface area contributed by atoms with Crippen LogP contribution in [0.4, 0.5) is 0 Å². The molecule has 0 radical (unpaired) electrons. The zero-order valence-corrected chi connectivity index (χ0v) is 11.0. The van der Waals surface area contributed by atoms with E-state index in [1.54, 1.807) is 29.7 Å². The lowest BCUT2D eigenvalue weighted by molar-refractivity contribution is -0.138. The summed E-state index contributed by atoms with van der Waals surface area (Å²) in [5, 5.41) is 12.7. The minimum absolute atomic E-state index is 0.0662. The smallest absolute Gasteiger partial charge is 0.303 e. The lowest BCUT2D eigenvalue weighted by Gasteiger charge is -2.21. The first-order valence-electron chi connectivity index (χ1n) is 5.90. The third kappa shape index (κ3) is 3.87. The summed E-state index contributed by atoms with van der Waals surface area (Å²) in [7, 11) is 1.68. The number of carboxylic acids is 1. The summed E-state index contributed by atoms with van der Waals surface area (Å²) < 4.78 is 1.62. The molecule has 1 unspecified atom stereocenters. The first-order valence-corrected chi connectivity index (χ1v) is 5.90. The molecule has 0 fully saturated rings. The van der Waals surface area contributed by atoms with Crippen molar-refractivity contribution in [2.24, 2.45) is 0 Å². The minimum Gasteiger partial charge on any atom is -0.481 e. The Labute approximate surface area is 106 Å². The van der Waals surface area contributed by atoms with E-state index in [9.17, 15) is 9.59 Å².